The highest BCUT2D eigenvalue weighted by molar-refractivity contribution is 5.41. The molecule has 1 aliphatic carbocycles. The van der Waals surface area contributed by atoms with E-state index in [2.05, 4.69) is 24.3 Å². The minimum Gasteiger partial charge on any atom is -0.374 e. The fourth-order valence-electron chi connectivity index (χ4n) is 7.58. The second-order valence-corrected chi connectivity index (χ2v) is 14.6. The van der Waals surface area contributed by atoms with Crippen LogP contribution in [0.3, 0.4) is 0 Å². The van der Waals surface area contributed by atoms with Gasteiger partial charge in [0.1, 0.15) is 24.4 Å². The molecular weight excluding hydrogens is 685 g/mol. The monoisotopic (exact) mass is 732 g/mol. The molecule has 55 heavy (non-hydrogen) atoms. The number of ether oxygens (including phenoxy) is 5. The van der Waals surface area contributed by atoms with Crippen molar-refractivity contribution in [3.8, 4) is 0 Å². The van der Waals surface area contributed by atoms with Crippen molar-refractivity contribution in [2.24, 2.45) is 0 Å². The fourth-order valence-corrected chi connectivity index (χ4v) is 7.58. The van der Waals surface area contributed by atoms with Crippen molar-refractivity contribution >= 4 is 0 Å². The van der Waals surface area contributed by atoms with E-state index in [1.807, 2.05) is 140 Å². The highest BCUT2D eigenvalue weighted by Crippen LogP contribution is 2.42. The van der Waals surface area contributed by atoms with Gasteiger partial charge in [-0.3, -0.25) is 0 Å². The largest absolute Gasteiger partial charge is 0.374 e. The van der Waals surface area contributed by atoms with Crippen LogP contribution in [0.25, 0.3) is 0 Å². The predicted octanol–water partition coefficient (Wildman–Crippen LogP) is 8.89. The average Bonchev–Trinajstić information content (AvgIpc) is 3.22. The summed E-state index contributed by atoms with van der Waals surface area (Å²) in [7, 11) is 0. The van der Waals surface area contributed by atoms with Crippen LogP contribution >= 0.6 is 0 Å². The highest BCUT2D eigenvalue weighted by Gasteiger charge is 2.57. The molecule has 6 nitrogen and oxygen atoms in total. The van der Waals surface area contributed by atoms with E-state index in [9.17, 15) is 5.11 Å². The zero-order chi connectivity index (χ0) is 37.3. The number of hydrogen-bond acceptors (Lipinski definition) is 6. The first-order valence-corrected chi connectivity index (χ1v) is 19.3. The van der Waals surface area contributed by atoms with Crippen LogP contribution in [0.1, 0.15) is 50.1 Å². The zero-order valence-corrected chi connectivity index (χ0v) is 31.0. The van der Waals surface area contributed by atoms with Gasteiger partial charge < -0.3 is 28.8 Å². The van der Waals surface area contributed by atoms with Crippen molar-refractivity contribution in [2.45, 2.75) is 75.9 Å². The molecule has 1 heterocycles. The number of aryl methyl sites for hydroxylation is 2. The molecule has 0 bridgehead atoms. The molecule has 0 spiro atoms. The van der Waals surface area contributed by atoms with Gasteiger partial charge in [0.15, 0.2) is 0 Å². The van der Waals surface area contributed by atoms with Crippen LogP contribution in [0.5, 0.6) is 0 Å². The van der Waals surface area contributed by atoms with Crippen LogP contribution in [0.15, 0.2) is 164 Å². The van der Waals surface area contributed by atoms with E-state index in [4.69, 9.17) is 23.7 Å². The van der Waals surface area contributed by atoms with Gasteiger partial charge in [-0.2, -0.15) is 0 Å². The Kier molecular flexibility index (Phi) is 11.9. The fraction of sp³-hybridized carbons (Fsp3) is 0.265. The van der Waals surface area contributed by atoms with E-state index in [1.165, 1.54) is 16.7 Å². The third-order valence-electron chi connectivity index (χ3n) is 10.6. The quantitative estimate of drug-likeness (QED) is 0.107. The topological polar surface area (TPSA) is 66.4 Å². The molecule has 6 aromatic rings. The lowest BCUT2D eigenvalue weighted by Gasteiger charge is -2.50. The number of aliphatic hydroxyl groups is 1. The van der Waals surface area contributed by atoms with Crippen LogP contribution in [0.2, 0.25) is 0 Å². The molecular formula is C49H48O6. The van der Waals surface area contributed by atoms with Gasteiger partial charge in [-0.25, -0.2) is 0 Å². The average molecular weight is 733 g/mol. The molecule has 6 heteroatoms. The molecule has 0 amide bonds. The number of rotatable bonds is 16. The van der Waals surface area contributed by atoms with Gasteiger partial charge in [-0.1, -0.05) is 158 Å². The number of benzene rings is 6. The van der Waals surface area contributed by atoms with Gasteiger partial charge in [-0.15, -0.1) is 0 Å². The molecule has 6 aromatic carbocycles. The van der Waals surface area contributed by atoms with Gasteiger partial charge in [0.2, 0.25) is 5.79 Å². The summed E-state index contributed by atoms with van der Waals surface area (Å²) in [5.74, 6) is -1.92. The predicted molar refractivity (Wildman–Crippen MR) is 213 cm³/mol. The Balaban J connectivity index is 1.17. The summed E-state index contributed by atoms with van der Waals surface area (Å²) in [5, 5.41) is 13.2. The first-order chi connectivity index (χ1) is 27.1. The second kappa shape index (κ2) is 17.7. The molecule has 5 atom stereocenters. The van der Waals surface area contributed by atoms with E-state index in [1.54, 1.807) is 0 Å². The van der Waals surface area contributed by atoms with Gasteiger partial charge in [0, 0.05) is 5.56 Å². The van der Waals surface area contributed by atoms with E-state index < -0.39 is 30.2 Å². The first-order valence-electron chi connectivity index (χ1n) is 19.3. The lowest BCUT2D eigenvalue weighted by atomic mass is 9.85. The third kappa shape index (κ3) is 9.14. The molecule has 2 aliphatic rings. The Labute approximate surface area is 324 Å². The standard InChI is InChI=1S/C49H48O6/c50-49(44-23-13-22-40(30-44)28-41-24-25-42-26-27-43(42)29-41)48(54-34-39-20-11-4-12-21-39)47(53-33-38-18-9-3-10-19-38)46(52-32-37-16-7-2-8-17-37)45(55-49)35-51-31-36-14-5-1-6-15-36/h1-25,29-30,45-48,50H,26-28,31-35H2/t45-,46-,47+,48-,49?/m1/s1. The summed E-state index contributed by atoms with van der Waals surface area (Å²) in [6, 6.07) is 55.0. The molecule has 1 unspecified atom stereocenters. The van der Waals surface area contributed by atoms with Crippen LogP contribution < -0.4 is 0 Å². The molecule has 0 radical (unpaired) electrons. The van der Waals surface area contributed by atoms with Gasteiger partial charge in [0.25, 0.3) is 0 Å². The van der Waals surface area contributed by atoms with Gasteiger partial charge >= 0.3 is 0 Å². The number of fused-ring (bicyclic) bond motifs is 1. The van der Waals surface area contributed by atoms with Crippen LogP contribution in [-0.4, -0.2) is 36.1 Å². The molecule has 0 aromatic heterocycles. The van der Waals surface area contributed by atoms with Crippen molar-refractivity contribution < 1.29 is 28.8 Å². The lowest BCUT2D eigenvalue weighted by molar-refractivity contribution is -0.378. The normalized spacial score (nSPS) is 21.8. The molecule has 1 aliphatic heterocycles. The summed E-state index contributed by atoms with van der Waals surface area (Å²) in [6.45, 7) is 1.37. The molecule has 1 N–H and O–H groups in total. The highest BCUT2D eigenvalue weighted by atomic mass is 16.7. The molecule has 280 valence electrons. The minimum absolute atomic E-state index is 0.155. The van der Waals surface area contributed by atoms with Crippen molar-refractivity contribution in [2.75, 3.05) is 6.61 Å². The smallest absolute Gasteiger partial charge is 0.222 e. The summed E-state index contributed by atoms with van der Waals surface area (Å²) in [6.07, 6.45) is -0.101. The molecule has 8 rings (SSSR count). The van der Waals surface area contributed by atoms with E-state index in [0.29, 0.717) is 18.8 Å². The van der Waals surface area contributed by atoms with Gasteiger partial charge in [-0.05, 0) is 69.8 Å². The summed E-state index contributed by atoms with van der Waals surface area (Å²) < 4.78 is 33.8. The summed E-state index contributed by atoms with van der Waals surface area (Å²) in [4.78, 5) is 0. The Hall–Kier alpha value is -4.92. The first kappa shape index (κ1) is 37.0. The lowest BCUT2D eigenvalue weighted by Crippen LogP contribution is -2.65. The Bertz CT molecular complexity index is 2090. The SMILES string of the molecule is OC1(c2cccc(Cc3ccc4c(c3)CC4)c2)O[C@H](COCc2ccccc2)[C@@H](OCc2ccccc2)[C@H](OCc2ccccc2)[C@H]1OCc1ccccc1. The third-order valence-corrected chi connectivity index (χ3v) is 10.6. The Morgan fingerprint density at radius 2 is 1.00 bits per heavy atom. The van der Waals surface area contributed by atoms with Crippen LogP contribution in [0, 0.1) is 0 Å². The van der Waals surface area contributed by atoms with Crippen LogP contribution in [0.4, 0.5) is 0 Å². The summed E-state index contributed by atoms with van der Waals surface area (Å²) >= 11 is 0. The van der Waals surface area contributed by atoms with Crippen molar-refractivity contribution in [1.82, 2.24) is 0 Å². The molecule has 1 fully saturated rings. The summed E-state index contributed by atoms with van der Waals surface area (Å²) in [5.41, 5.74) is 9.79. The van der Waals surface area contributed by atoms with Crippen molar-refractivity contribution in [1.29, 1.82) is 0 Å². The maximum Gasteiger partial charge on any atom is 0.222 e. The van der Waals surface area contributed by atoms with Crippen molar-refractivity contribution in [3.05, 3.63) is 214 Å². The Morgan fingerprint density at radius 1 is 0.491 bits per heavy atom. The zero-order valence-electron chi connectivity index (χ0n) is 31.0. The van der Waals surface area contributed by atoms with Gasteiger partial charge in [0.05, 0.1) is 33.0 Å². The Morgan fingerprint density at radius 3 is 1.56 bits per heavy atom. The number of hydrogen-bond donors (Lipinski definition) is 1. The van der Waals surface area contributed by atoms with E-state index >= 15 is 0 Å². The minimum atomic E-state index is -1.92. The molecule has 0 saturated carbocycles. The maximum atomic E-state index is 13.2. The molecule has 1 saturated heterocycles. The second-order valence-electron chi connectivity index (χ2n) is 14.6. The van der Waals surface area contributed by atoms with Crippen molar-refractivity contribution in [3.63, 3.8) is 0 Å². The van der Waals surface area contributed by atoms with E-state index in [0.717, 1.165) is 47.1 Å². The maximum absolute atomic E-state index is 13.2. The van der Waals surface area contributed by atoms with Crippen LogP contribution in [-0.2, 0) is 75.2 Å². The van der Waals surface area contributed by atoms with E-state index in [-0.39, 0.29) is 19.8 Å².